The second-order valence-corrected chi connectivity index (χ2v) is 5.69. The van der Waals surface area contributed by atoms with Gasteiger partial charge in [-0.05, 0) is 48.4 Å². The van der Waals surface area contributed by atoms with Crippen molar-refractivity contribution in [3.05, 3.63) is 35.1 Å². The third-order valence-corrected chi connectivity index (χ3v) is 2.61. The van der Waals surface area contributed by atoms with Crippen molar-refractivity contribution in [2.45, 2.75) is 46.6 Å². The summed E-state index contributed by atoms with van der Waals surface area (Å²) in [6, 6.07) is 4.72. The highest BCUT2D eigenvalue weighted by Gasteiger charge is 2.17. The first kappa shape index (κ1) is 13.2. The van der Waals surface area contributed by atoms with Gasteiger partial charge in [0.05, 0.1) is 6.10 Å². The average Bonchev–Trinajstić information content (AvgIpc) is 2.06. The molecular formula is C14H21FO. The lowest BCUT2D eigenvalue weighted by molar-refractivity contribution is 0.121. The number of rotatable bonds is 3. The summed E-state index contributed by atoms with van der Waals surface area (Å²) in [7, 11) is 0. The van der Waals surface area contributed by atoms with Gasteiger partial charge in [-0.3, -0.25) is 0 Å². The van der Waals surface area contributed by atoms with Crippen molar-refractivity contribution in [2.24, 2.45) is 5.41 Å². The SMILES string of the molecule is Cc1cc(F)ccc1CC(O)CC(C)(C)C. The third kappa shape index (κ3) is 4.31. The summed E-state index contributed by atoms with van der Waals surface area (Å²) in [5.41, 5.74) is 2.05. The van der Waals surface area contributed by atoms with Gasteiger partial charge in [0.25, 0.3) is 0 Å². The molecule has 0 aliphatic carbocycles. The summed E-state index contributed by atoms with van der Waals surface area (Å²) in [4.78, 5) is 0. The normalized spacial score (nSPS) is 13.9. The minimum atomic E-state index is -0.357. The highest BCUT2D eigenvalue weighted by molar-refractivity contribution is 5.27. The van der Waals surface area contributed by atoms with Crippen LogP contribution in [-0.2, 0) is 6.42 Å². The molecule has 0 saturated heterocycles. The molecule has 0 saturated carbocycles. The van der Waals surface area contributed by atoms with E-state index in [-0.39, 0.29) is 17.3 Å². The summed E-state index contributed by atoms with van der Waals surface area (Å²) in [5, 5.41) is 9.94. The number of hydrogen-bond acceptors (Lipinski definition) is 1. The lowest BCUT2D eigenvalue weighted by Crippen LogP contribution is -2.20. The Morgan fingerprint density at radius 1 is 1.31 bits per heavy atom. The van der Waals surface area contributed by atoms with Crippen LogP contribution < -0.4 is 0 Å². The molecule has 0 heterocycles. The second-order valence-electron chi connectivity index (χ2n) is 5.69. The Morgan fingerprint density at radius 3 is 2.44 bits per heavy atom. The smallest absolute Gasteiger partial charge is 0.123 e. The highest BCUT2D eigenvalue weighted by atomic mass is 19.1. The molecular weight excluding hydrogens is 203 g/mol. The van der Waals surface area contributed by atoms with E-state index >= 15 is 0 Å². The summed E-state index contributed by atoms with van der Waals surface area (Å²) < 4.78 is 12.9. The zero-order valence-corrected chi connectivity index (χ0v) is 10.5. The third-order valence-electron chi connectivity index (χ3n) is 2.61. The van der Waals surface area contributed by atoms with E-state index in [0.29, 0.717) is 6.42 Å². The molecule has 0 fully saturated rings. The standard InChI is InChI=1S/C14H21FO/c1-10-7-12(15)6-5-11(10)8-13(16)9-14(2,3)4/h5-7,13,16H,8-9H2,1-4H3. The predicted octanol–water partition coefficient (Wildman–Crippen LogP) is 3.47. The Labute approximate surface area is 97.3 Å². The Bertz CT molecular complexity index is 352. The maximum Gasteiger partial charge on any atom is 0.123 e. The topological polar surface area (TPSA) is 20.2 Å². The van der Waals surface area contributed by atoms with Gasteiger partial charge >= 0.3 is 0 Å². The minimum Gasteiger partial charge on any atom is -0.393 e. The Kier molecular flexibility index (Phi) is 4.09. The molecule has 0 aliphatic rings. The Morgan fingerprint density at radius 2 is 1.94 bits per heavy atom. The largest absolute Gasteiger partial charge is 0.393 e. The molecule has 0 aromatic heterocycles. The quantitative estimate of drug-likeness (QED) is 0.833. The molecule has 1 atom stereocenters. The monoisotopic (exact) mass is 224 g/mol. The summed E-state index contributed by atoms with van der Waals surface area (Å²) in [5.74, 6) is -0.216. The average molecular weight is 224 g/mol. The van der Waals surface area contributed by atoms with Crippen molar-refractivity contribution in [3.63, 3.8) is 0 Å². The molecule has 0 radical (unpaired) electrons. The van der Waals surface area contributed by atoms with Crippen molar-refractivity contribution in [1.29, 1.82) is 0 Å². The van der Waals surface area contributed by atoms with Crippen LogP contribution in [0.3, 0.4) is 0 Å². The molecule has 1 nitrogen and oxygen atoms in total. The van der Waals surface area contributed by atoms with Crippen molar-refractivity contribution >= 4 is 0 Å². The highest BCUT2D eigenvalue weighted by Crippen LogP contribution is 2.23. The first-order valence-electron chi connectivity index (χ1n) is 5.71. The van der Waals surface area contributed by atoms with Crippen LogP contribution in [0.2, 0.25) is 0 Å². The van der Waals surface area contributed by atoms with E-state index in [0.717, 1.165) is 17.5 Å². The molecule has 0 bridgehead atoms. The van der Waals surface area contributed by atoms with Gasteiger partial charge in [-0.1, -0.05) is 26.8 Å². The number of aliphatic hydroxyl groups excluding tert-OH is 1. The van der Waals surface area contributed by atoms with Gasteiger partial charge in [0.1, 0.15) is 5.82 Å². The molecule has 1 aromatic carbocycles. The number of aryl methyl sites for hydroxylation is 1. The summed E-state index contributed by atoms with van der Waals surface area (Å²) in [6.07, 6.45) is 0.997. The Hall–Kier alpha value is -0.890. The number of aliphatic hydroxyl groups is 1. The lowest BCUT2D eigenvalue weighted by atomic mass is 9.87. The second kappa shape index (κ2) is 4.96. The van der Waals surface area contributed by atoms with Crippen LogP contribution in [0.15, 0.2) is 18.2 Å². The van der Waals surface area contributed by atoms with E-state index < -0.39 is 0 Å². The number of hydrogen-bond donors (Lipinski definition) is 1. The zero-order valence-electron chi connectivity index (χ0n) is 10.5. The maximum atomic E-state index is 12.9. The number of benzene rings is 1. The molecule has 16 heavy (non-hydrogen) atoms. The van der Waals surface area contributed by atoms with Crippen LogP contribution in [0.1, 0.15) is 38.3 Å². The van der Waals surface area contributed by atoms with Gasteiger partial charge in [-0.25, -0.2) is 4.39 Å². The zero-order chi connectivity index (χ0) is 12.3. The molecule has 0 spiro atoms. The van der Waals surface area contributed by atoms with Crippen LogP contribution in [0.5, 0.6) is 0 Å². The number of halogens is 1. The van der Waals surface area contributed by atoms with Crippen LogP contribution in [0.4, 0.5) is 4.39 Å². The van der Waals surface area contributed by atoms with E-state index in [1.807, 2.05) is 6.92 Å². The molecule has 1 rings (SSSR count). The molecule has 1 N–H and O–H groups in total. The van der Waals surface area contributed by atoms with Crippen LogP contribution in [-0.4, -0.2) is 11.2 Å². The summed E-state index contributed by atoms with van der Waals surface area (Å²) >= 11 is 0. The summed E-state index contributed by atoms with van der Waals surface area (Å²) in [6.45, 7) is 8.19. The van der Waals surface area contributed by atoms with Crippen molar-refractivity contribution in [1.82, 2.24) is 0 Å². The van der Waals surface area contributed by atoms with Crippen LogP contribution >= 0.6 is 0 Å². The fourth-order valence-corrected chi connectivity index (χ4v) is 1.92. The first-order valence-corrected chi connectivity index (χ1v) is 5.71. The van der Waals surface area contributed by atoms with Crippen molar-refractivity contribution in [2.75, 3.05) is 0 Å². The first-order chi connectivity index (χ1) is 7.28. The predicted molar refractivity (Wildman–Crippen MR) is 64.9 cm³/mol. The van der Waals surface area contributed by atoms with Crippen LogP contribution in [0, 0.1) is 18.2 Å². The molecule has 0 aliphatic heterocycles. The van der Waals surface area contributed by atoms with E-state index in [2.05, 4.69) is 20.8 Å². The molecule has 1 aromatic rings. The lowest BCUT2D eigenvalue weighted by Gasteiger charge is -2.22. The van der Waals surface area contributed by atoms with Gasteiger partial charge in [0.15, 0.2) is 0 Å². The Balaban J connectivity index is 2.66. The van der Waals surface area contributed by atoms with E-state index in [1.165, 1.54) is 12.1 Å². The minimum absolute atomic E-state index is 0.118. The van der Waals surface area contributed by atoms with E-state index in [1.54, 1.807) is 6.07 Å². The van der Waals surface area contributed by atoms with Crippen molar-refractivity contribution in [3.8, 4) is 0 Å². The fourth-order valence-electron chi connectivity index (χ4n) is 1.92. The fraction of sp³-hybridized carbons (Fsp3) is 0.571. The maximum absolute atomic E-state index is 12.9. The van der Waals surface area contributed by atoms with Gasteiger partial charge in [0.2, 0.25) is 0 Å². The molecule has 0 amide bonds. The molecule has 2 heteroatoms. The molecule has 90 valence electrons. The van der Waals surface area contributed by atoms with Crippen LogP contribution in [0.25, 0.3) is 0 Å². The van der Waals surface area contributed by atoms with Gasteiger partial charge in [0, 0.05) is 0 Å². The van der Waals surface area contributed by atoms with Crippen molar-refractivity contribution < 1.29 is 9.50 Å². The molecule has 1 unspecified atom stereocenters. The van der Waals surface area contributed by atoms with Gasteiger partial charge in [-0.15, -0.1) is 0 Å². The van der Waals surface area contributed by atoms with E-state index in [4.69, 9.17) is 0 Å². The van der Waals surface area contributed by atoms with Gasteiger partial charge < -0.3 is 5.11 Å². The van der Waals surface area contributed by atoms with Gasteiger partial charge in [-0.2, -0.15) is 0 Å². The van der Waals surface area contributed by atoms with E-state index in [9.17, 15) is 9.50 Å².